The van der Waals surface area contributed by atoms with Gasteiger partial charge in [0.15, 0.2) is 0 Å². The van der Waals surface area contributed by atoms with Gasteiger partial charge in [-0.3, -0.25) is 9.10 Å². The van der Waals surface area contributed by atoms with Gasteiger partial charge in [-0.15, -0.1) is 0 Å². The fraction of sp³-hybridized carbons (Fsp3) is 0.417. The minimum atomic E-state index is -3.53. The molecule has 19 heavy (non-hydrogen) atoms. The molecule has 1 aromatic carbocycles. The number of hydrogen-bond donors (Lipinski definition) is 1. The maximum Gasteiger partial charge on any atom is 0.240 e. The number of hydrogen-bond acceptors (Lipinski definition) is 3. The fourth-order valence-corrected chi connectivity index (χ4v) is 3.02. The SMILES string of the molecule is CC(C)NC(=O)CN(c1ccccc1Br)S(C)(=O)=O. The van der Waals surface area contributed by atoms with E-state index in [-0.39, 0.29) is 18.5 Å². The molecule has 0 aliphatic rings. The molecule has 0 radical (unpaired) electrons. The number of anilines is 1. The van der Waals surface area contributed by atoms with E-state index in [0.717, 1.165) is 10.6 Å². The van der Waals surface area contributed by atoms with E-state index in [1.165, 1.54) is 0 Å². The first-order valence-electron chi connectivity index (χ1n) is 5.73. The van der Waals surface area contributed by atoms with Crippen molar-refractivity contribution in [3.63, 3.8) is 0 Å². The Morgan fingerprint density at radius 1 is 1.37 bits per heavy atom. The predicted octanol–water partition coefficient (Wildman–Crippen LogP) is 1.74. The quantitative estimate of drug-likeness (QED) is 0.881. The van der Waals surface area contributed by atoms with Crippen LogP contribution in [0.4, 0.5) is 5.69 Å². The van der Waals surface area contributed by atoms with Gasteiger partial charge in [0, 0.05) is 10.5 Å². The van der Waals surface area contributed by atoms with Crippen molar-refractivity contribution in [1.29, 1.82) is 0 Å². The van der Waals surface area contributed by atoms with Crippen LogP contribution in [-0.2, 0) is 14.8 Å². The van der Waals surface area contributed by atoms with Crippen molar-refractivity contribution >= 4 is 37.5 Å². The van der Waals surface area contributed by atoms with E-state index in [2.05, 4.69) is 21.2 Å². The number of nitrogens with one attached hydrogen (secondary N) is 1. The summed E-state index contributed by atoms with van der Waals surface area (Å²) in [5.41, 5.74) is 0.448. The number of halogens is 1. The van der Waals surface area contributed by atoms with Crippen molar-refractivity contribution in [3.05, 3.63) is 28.7 Å². The minimum absolute atomic E-state index is 0.0341. The van der Waals surface area contributed by atoms with E-state index in [0.29, 0.717) is 10.2 Å². The van der Waals surface area contributed by atoms with Crippen LogP contribution in [-0.4, -0.2) is 33.2 Å². The zero-order valence-corrected chi connectivity index (χ0v) is 13.5. The molecule has 1 N–H and O–H groups in total. The molecule has 0 heterocycles. The Hall–Kier alpha value is -1.08. The molecule has 0 aliphatic carbocycles. The molecule has 0 aromatic heterocycles. The van der Waals surface area contributed by atoms with Crippen molar-refractivity contribution in [2.45, 2.75) is 19.9 Å². The molecule has 0 unspecified atom stereocenters. The second kappa shape index (κ2) is 6.38. The molecule has 0 spiro atoms. The highest BCUT2D eigenvalue weighted by Gasteiger charge is 2.22. The van der Waals surface area contributed by atoms with Gasteiger partial charge >= 0.3 is 0 Å². The molecule has 1 rings (SSSR count). The summed E-state index contributed by atoms with van der Waals surface area (Å²) in [7, 11) is -3.53. The third kappa shape index (κ3) is 4.83. The standard InChI is InChI=1S/C12H17BrN2O3S/c1-9(2)14-12(16)8-15(19(3,17)18)11-7-5-4-6-10(11)13/h4-7,9H,8H2,1-3H3,(H,14,16). The van der Waals surface area contributed by atoms with Crippen LogP contribution in [0.1, 0.15) is 13.8 Å². The van der Waals surface area contributed by atoms with Gasteiger partial charge in [0.2, 0.25) is 15.9 Å². The Balaban J connectivity index is 3.05. The van der Waals surface area contributed by atoms with Crippen molar-refractivity contribution in [3.8, 4) is 0 Å². The monoisotopic (exact) mass is 348 g/mol. The van der Waals surface area contributed by atoms with Gasteiger partial charge < -0.3 is 5.32 Å². The lowest BCUT2D eigenvalue weighted by Crippen LogP contribution is -2.42. The number of carbonyl (C=O) groups is 1. The van der Waals surface area contributed by atoms with E-state index < -0.39 is 10.0 Å². The third-order valence-corrected chi connectivity index (χ3v) is 4.06. The van der Waals surface area contributed by atoms with Crippen molar-refractivity contribution < 1.29 is 13.2 Å². The summed E-state index contributed by atoms with van der Waals surface area (Å²) in [4.78, 5) is 11.8. The van der Waals surface area contributed by atoms with Crippen LogP contribution in [0.2, 0.25) is 0 Å². The number of para-hydroxylation sites is 1. The Labute approximate surface area is 122 Å². The van der Waals surface area contributed by atoms with Crippen molar-refractivity contribution in [2.75, 3.05) is 17.1 Å². The predicted molar refractivity (Wildman–Crippen MR) is 79.6 cm³/mol. The van der Waals surface area contributed by atoms with Gasteiger partial charge in [-0.05, 0) is 41.9 Å². The highest BCUT2D eigenvalue weighted by Crippen LogP contribution is 2.27. The summed E-state index contributed by atoms with van der Waals surface area (Å²) >= 11 is 3.29. The highest BCUT2D eigenvalue weighted by molar-refractivity contribution is 9.10. The number of amides is 1. The summed E-state index contributed by atoms with van der Waals surface area (Å²) in [6, 6.07) is 6.84. The number of rotatable bonds is 5. The maximum atomic E-state index is 11.8. The largest absolute Gasteiger partial charge is 0.352 e. The lowest BCUT2D eigenvalue weighted by Gasteiger charge is -2.23. The van der Waals surface area contributed by atoms with Crippen LogP contribution in [0.25, 0.3) is 0 Å². The summed E-state index contributed by atoms with van der Waals surface area (Å²) in [6.07, 6.45) is 1.08. The maximum absolute atomic E-state index is 11.8. The van der Waals surface area contributed by atoms with Crippen LogP contribution in [0.5, 0.6) is 0 Å². The Bertz CT molecular complexity index is 558. The number of sulfonamides is 1. The van der Waals surface area contributed by atoms with Crippen LogP contribution < -0.4 is 9.62 Å². The third-order valence-electron chi connectivity index (χ3n) is 2.26. The summed E-state index contributed by atoms with van der Waals surface area (Å²) < 4.78 is 25.4. The van der Waals surface area contributed by atoms with Crippen LogP contribution in [0.15, 0.2) is 28.7 Å². The Kier molecular flexibility index (Phi) is 5.37. The molecule has 5 nitrogen and oxygen atoms in total. The van der Waals surface area contributed by atoms with Gasteiger partial charge in [-0.2, -0.15) is 0 Å². The highest BCUT2D eigenvalue weighted by atomic mass is 79.9. The normalized spacial score (nSPS) is 11.4. The number of benzene rings is 1. The smallest absolute Gasteiger partial charge is 0.240 e. The minimum Gasteiger partial charge on any atom is -0.352 e. The van der Waals surface area contributed by atoms with E-state index in [1.54, 1.807) is 24.3 Å². The summed E-state index contributed by atoms with van der Waals surface area (Å²) in [5.74, 6) is -0.337. The topological polar surface area (TPSA) is 66.5 Å². The first-order chi connectivity index (χ1) is 8.71. The zero-order valence-electron chi connectivity index (χ0n) is 11.1. The molecule has 1 amide bonds. The molecule has 106 valence electrons. The molecule has 0 saturated carbocycles. The average molecular weight is 349 g/mol. The molecule has 7 heteroatoms. The van der Waals surface area contributed by atoms with Crippen LogP contribution in [0, 0.1) is 0 Å². The Morgan fingerprint density at radius 3 is 2.42 bits per heavy atom. The van der Waals surface area contributed by atoms with Crippen molar-refractivity contribution in [2.24, 2.45) is 0 Å². The van der Waals surface area contributed by atoms with Crippen LogP contribution >= 0.6 is 15.9 Å². The first-order valence-corrected chi connectivity index (χ1v) is 8.37. The molecule has 0 bridgehead atoms. The fourth-order valence-electron chi connectivity index (χ4n) is 1.53. The molecule has 1 aromatic rings. The lowest BCUT2D eigenvalue weighted by molar-refractivity contribution is -0.120. The van der Waals surface area contributed by atoms with Gasteiger partial charge in [0.05, 0.1) is 11.9 Å². The zero-order chi connectivity index (χ0) is 14.6. The Morgan fingerprint density at radius 2 is 1.95 bits per heavy atom. The van der Waals surface area contributed by atoms with Gasteiger partial charge in [-0.1, -0.05) is 12.1 Å². The lowest BCUT2D eigenvalue weighted by atomic mass is 10.3. The van der Waals surface area contributed by atoms with E-state index >= 15 is 0 Å². The number of carbonyl (C=O) groups excluding carboxylic acids is 1. The summed E-state index contributed by atoms with van der Waals surface area (Å²) in [6.45, 7) is 3.40. The first kappa shape index (κ1) is 16.0. The molecule has 0 saturated heterocycles. The molecule has 0 atom stereocenters. The van der Waals surface area contributed by atoms with E-state index in [9.17, 15) is 13.2 Å². The molecule has 0 aliphatic heterocycles. The van der Waals surface area contributed by atoms with Crippen molar-refractivity contribution in [1.82, 2.24) is 5.32 Å². The molecular formula is C12H17BrN2O3S. The van der Waals surface area contributed by atoms with Gasteiger partial charge in [0.1, 0.15) is 6.54 Å². The average Bonchev–Trinajstić information content (AvgIpc) is 2.24. The summed E-state index contributed by atoms with van der Waals surface area (Å²) in [5, 5.41) is 2.67. The van der Waals surface area contributed by atoms with Crippen LogP contribution in [0.3, 0.4) is 0 Å². The number of nitrogens with zero attached hydrogens (tertiary/aromatic N) is 1. The van der Waals surface area contributed by atoms with Gasteiger partial charge in [-0.25, -0.2) is 8.42 Å². The van der Waals surface area contributed by atoms with E-state index in [4.69, 9.17) is 0 Å². The van der Waals surface area contributed by atoms with Gasteiger partial charge in [0.25, 0.3) is 0 Å². The second-order valence-electron chi connectivity index (χ2n) is 4.44. The molecule has 0 fully saturated rings. The molecular weight excluding hydrogens is 332 g/mol. The van der Waals surface area contributed by atoms with E-state index in [1.807, 2.05) is 13.8 Å². The second-order valence-corrected chi connectivity index (χ2v) is 7.20.